The van der Waals surface area contributed by atoms with Gasteiger partial charge in [-0.05, 0) is 12.8 Å². The van der Waals surface area contributed by atoms with E-state index in [1.54, 1.807) is 0 Å². The lowest BCUT2D eigenvalue weighted by molar-refractivity contribution is -0.130. The Hall–Kier alpha value is -1.10. The van der Waals surface area contributed by atoms with Crippen LogP contribution in [-0.4, -0.2) is 34.2 Å². The van der Waals surface area contributed by atoms with Crippen LogP contribution in [0.25, 0.3) is 0 Å². The second kappa shape index (κ2) is 3.53. The molecule has 1 saturated carbocycles. The molecule has 0 unspecified atom stereocenters. The number of aliphatic hydroxyl groups is 1. The summed E-state index contributed by atoms with van der Waals surface area (Å²) in [5.74, 6) is -0.278. The number of hydrogen-bond acceptors (Lipinski definition) is 3. The van der Waals surface area contributed by atoms with E-state index < -0.39 is 18.2 Å². The van der Waals surface area contributed by atoms with E-state index in [9.17, 15) is 14.7 Å². The van der Waals surface area contributed by atoms with Crippen molar-refractivity contribution in [3.8, 4) is 0 Å². The van der Waals surface area contributed by atoms with E-state index in [2.05, 4.69) is 5.32 Å². The maximum Gasteiger partial charge on any atom is 0.404 e. The summed E-state index contributed by atoms with van der Waals surface area (Å²) in [4.78, 5) is 21.1. The highest BCUT2D eigenvalue weighted by molar-refractivity contribution is 5.85. The summed E-state index contributed by atoms with van der Waals surface area (Å²) in [5, 5.41) is 19.7. The quantitative estimate of drug-likeness (QED) is 0.509. The standard InChI is InChI=1S/C7H11NO4/c9-5-3-1-2-4(6(5)10)8-7(11)12/h4,6,8,10H,1-3H2,(H,11,12)/t4-,6-/m1/s1. The van der Waals surface area contributed by atoms with Gasteiger partial charge in [-0.1, -0.05) is 0 Å². The van der Waals surface area contributed by atoms with E-state index in [1.807, 2.05) is 0 Å². The number of aliphatic hydroxyl groups excluding tert-OH is 1. The van der Waals surface area contributed by atoms with Crippen LogP contribution in [0.4, 0.5) is 4.79 Å². The van der Waals surface area contributed by atoms with Gasteiger partial charge in [0.1, 0.15) is 6.10 Å². The molecule has 1 aliphatic rings. The maximum atomic E-state index is 10.9. The van der Waals surface area contributed by atoms with E-state index in [0.717, 1.165) is 0 Å². The first kappa shape index (κ1) is 8.99. The number of carbonyl (C=O) groups is 2. The van der Waals surface area contributed by atoms with Gasteiger partial charge in [0.15, 0.2) is 5.78 Å². The molecule has 0 bridgehead atoms. The lowest BCUT2D eigenvalue weighted by atomic mass is 9.91. The summed E-state index contributed by atoms with van der Waals surface area (Å²) in [7, 11) is 0. The van der Waals surface area contributed by atoms with Gasteiger partial charge in [0.2, 0.25) is 0 Å². The summed E-state index contributed by atoms with van der Waals surface area (Å²) >= 11 is 0. The summed E-state index contributed by atoms with van der Waals surface area (Å²) < 4.78 is 0. The molecule has 2 atom stereocenters. The average Bonchev–Trinajstić information content (AvgIpc) is 1.98. The average molecular weight is 173 g/mol. The molecule has 1 rings (SSSR count). The molecule has 12 heavy (non-hydrogen) atoms. The summed E-state index contributed by atoms with van der Waals surface area (Å²) in [6.45, 7) is 0. The molecular formula is C7H11NO4. The zero-order valence-electron chi connectivity index (χ0n) is 6.49. The number of hydrogen-bond donors (Lipinski definition) is 3. The molecule has 3 N–H and O–H groups in total. The fourth-order valence-corrected chi connectivity index (χ4v) is 1.34. The minimum atomic E-state index is -1.20. The topological polar surface area (TPSA) is 86.6 Å². The monoisotopic (exact) mass is 173 g/mol. The van der Waals surface area contributed by atoms with E-state index >= 15 is 0 Å². The van der Waals surface area contributed by atoms with Gasteiger partial charge in [0.25, 0.3) is 0 Å². The van der Waals surface area contributed by atoms with Crippen molar-refractivity contribution in [2.24, 2.45) is 0 Å². The van der Waals surface area contributed by atoms with Crippen molar-refractivity contribution in [3.63, 3.8) is 0 Å². The Morgan fingerprint density at radius 1 is 1.58 bits per heavy atom. The Bertz CT molecular complexity index is 204. The van der Waals surface area contributed by atoms with Gasteiger partial charge in [0, 0.05) is 6.42 Å². The number of ketones is 1. The van der Waals surface area contributed by atoms with Gasteiger partial charge < -0.3 is 15.5 Å². The van der Waals surface area contributed by atoms with Crippen LogP contribution in [0.2, 0.25) is 0 Å². The normalized spacial score (nSPS) is 29.9. The second-order valence-corrected chi connectivity index (χ2v) is 2.86. The van der Waals surface area contributed by atoms with Crippen molar-refractivity contribution >= 4 is 11.9 Å². The number of nitrogens with one attached hydrogen (secondary N) is 1. The largest absolute Gasteiger partial charge is 0.465 e. The first-order valence-corrected chi connectivity index (χ1v) is 3.81. The van der Waals surface area contributed by atoms with Crippen molar-refractivity contribution < 1.29 is 19.8 Å². The molecule has 1 aliphatic carbocycles. The fraction of sp³-hybridized carbons (Fsp3) is 0.714. The Morgan fingerprint density at radius 3 is 2.83 bits per heavy atom. The second-order valence-electron chi connectivity index (χ2n) is 2.86. The van der Waals surface area contributed by atoms with Gasteiger partial charge in [-0.2, -0.15) is 0 Å². The van der Waals surface area contributed by atoms with Crippen LogP contribution in [0.1, 0.15) is 19.3 Å². The first-order valence-electron chi connectivity index (χ1n) is 3.81. The van der Waals surface area contributed by atoms with Crippen molar-refractivity contribution in [1.82, 2.24) is 5.32 Å². The number of carboxylic acid groups (broad SMARTS) is 1. The first-order chi connectivity index (χ1) is 5.61. The van der Waals surface area contributed by atoms with E-state index in [4.69, 9.17) is 5.11 Å². The number of amides is 1. The van der Waals surface area contributed by atoms with E-state index in [1.165, 1.54) is 0 Å². The zero-order valence-corrected chi connectivity index (χ0v) is 6.49. The smallest absolute Gasteiger partial charge is 0.404 e. The Labute approximate surface area is 69.4 Å². The molecule has 0 saturated heterocycles. The van der Waals surface area contributed by atoms with Crippen LogP contribution >= 0.6 is 0 Å². The molecule has 1 amide bonds. The molecule has 0 aromatic rings. The minimum Gasteiger partial charge on any atom is -0.465 e. The van der Waals surface area contributed by atoms with E-state index in [0.29, 0.717) is 19.3 Å². The number of Topliss-reactive ketones (excluding diaryl/α,β-unsaturated/α-hetero) is 1. The SMILES string of the molecule is O=C(O)N[C@@H]1CCCC(=O)[C@@H]1O. The molecular weight excluding hydrogens is 162 g/mol. The predicted molar refractivity (Wildman–Crippen MR) is 39.8 cm³/mol. The molecule has 0 aliphatic heterocycles. The lowest BCUT2D eigenvalue weighted by Crippen LogP contribution is -2.48. The zero-order chi connectivity index (χ0) is 9.14. The van der Waals surface area contributed by atoms with Crippen molar-refractivity contribution in [2.45, 2.75) is 31.4 Å². The van der Waals surface area contributed by atoms with Gasteiger partial charge >= 0.3 is 6.09 Å². The van der Waals surface area contributed by atoms with Crippen LogP contribution < -0.4 is 5.32 Å². The van der Waals surface area contributed by atoms with Gasteiger partial charge in [0.05, 0.1) is 6.04 Å². The highest BCUT2D eigenvalue weighted by atomic mass is 16.4. The van der Waals surface area contributed by atoms with Crippen molar-refractivity contribution in [2.75, 3.05) is 0 Å². The van der Waals surface area contributed by atoms with Crippen LogP contribution in [-0.2, 0) is 4.79 Å². The van der Waals surface area contributed by atoms with Gasteiger partial charge in [-0.3, -0.25) is 4.79 Å². The maximum absolute atomic E-state index is 10.9. The third-order valence-electron chi connectivity index (χ3n) is 1.96. The highest BCUT2D eigenvalue weighted by Gasteiger charge is 2.30. The molecule has 0 spiro atoms. The molecule has 0 radical (unpaired) electrons. The van der Waals surface area contributed by atoms with Gasteiger partial charge in [-0.15, -0.1) is 0 Å². The Morgan fingerprint density at radius 2 is 2.25 bits per heavy atom. The molecule has 0 aromatic heterocycles. The van der Waals surface area contributed by atoms with Crippen LogP contribution in [0.5, 0.6) is 0 Å². The minimum absolute atomic E-state index is 0.278. The summed E-state index contributed by atoms with van der Waals surface area (Å²) in [6.07, 6.45) is -0.845. The molecule has 0 heterocycles. The van der Waals surface area contributed by atoms with Crippen molar-refractivity contribution in [1.29, 1.82) is 0 Å². The third-order valence-corrected chi connectivity index (χ3v) is 1.96. The van der Waals surface area contributed by atoms with E-state index in [-0.39, 0.29) is 5.78 Å². The van der Waals surface area contributed by atoms with Crippen LogP contribution in [0, 0.1) is 0 Å². The molecule has 5 nitrogen and oxygen atoms in total. The predicted octanol–water partition coefficient (Wildman–Crippen LogP) is -0.264. The molecule has 0 aromatic carbocycles. The summed E-state index contributed by atoms with van der Waals surface area (Å²) in [5.41, 5.74) is 0. The highest BCUT2D eigenvalue weighted by Crippen LogP contribution is 2.15. The third kappa shape index (κ3) is 1.94. The van der Waals surface area contributed by atoms with Crippen LogP contribution in [0.3, 0.4) is 0 Å². The Kier molecular flexibility index (Phi) is 2.65. The summed E-state index contributed by atoms with van der Waals surface area (Å²) in [6, 6.07) is -0.622. The number of rotatable bonds is 1. The fourth-order valence-electron chi connectivity index (χ4n) is 1.34. The lowest BCUT2D eigenvalue weighted by Gasteiger charge is -2.25. The molecule has 68 valence electrons. The number of carbonyl (C=O) groups excluding carboxylic acids is 1. The molecule has 5 heteroatoms. The Balaban J connectivity index is 2.52. The van der Waals surface area contributed by atoms with Crippen molar-refractivity contribution in [3.05, 3.63) is 0 Å². The molecule has 1 fully saturated rings. The van der Waals surface area contributed by atoms with Gasteiger partial charge in [-0.25, -0.2) is 4.79 Å². The van der Waals surface area contributed by atoms with Crippen LogP contribution in [0.15, 0.2) is 0 Å².